The lowest BCUT2D eigenvalue weighted by Gasteiger charge is -2.10. The van der Waals surface area contributed by atoms with Gasteiger partial charge in [0.15, 0.2) is 9.76 Å². The van der Waals surface area contributed by atoms with Crippen molar-refractivity contribution >= 4 is 9.76 Å². The van der Waals surface area contributed by atoms with Crippen molar-refractivity contribution in [3.8, 4) is 0 Å². The molecule has 2 aliphatic rings. The van der Waals surface area contributed by atoms with Crippen LogP contribution in [0.25, 0.3) is 0 Å². The van der Waals surface area contributed by atoms with Gasteiger partial charge in [0, 0.05) is 5.92 Å². The predicted molar refractivity (Wildman–Crippen MR) is 62.7 cm³/mol. The molecule has 0 amide bonds. The molecule has 0 saturated heterocycles. The van der Waals surface area contributed by atoms with Crippen molar-refractivity contribution in [2.24, 2.45) is 11.8 Å². The van der Waals surface area contributed by atoms with Crippen LogP contribution in [-0.4, -0.2) is 16.4 Å². The van der Waals surface area contributed by atoms with Crippen LogP contribution in [-0.2, 0) is 4.43 Å². The molecule has 0 aliphatic heterocycles. The fourth-order valence-corrected chi connectivity index (χ4v) is 2.92. The molecule has 2 rings (SSSR count). The Morgan fingerprint density at radius 3 is 3.07 bits per heavy atom. The molecule has 2 unspecified atom stereocenters. The molecule has 0 aromatic carbocycles. The van der Waals surface area contributed by atoms with E-state index in [1.54, 1.807) is 0 Å². The van der Waals surface area contributed by atoms with Gasteiger partial charge in [-0.15, -0.1) is 0 Å². The molecular formula is C12H18OSi. The highest BCUT2D eigenvalue weighted by Crippen LogP contribution is 2.38. The Bertz CT molecular complexity index is 301. The first kappa shape index (κ1) is 9.93. The number of rotatable bonds is 4. The summed E-state index contributed by atoms with van der Waals surface area (Å²) in [5.41, 5.74) is 1.52. The normalized spacial score (nSPS) is 30.7. The SMILES string of the molecule is C/C=C(\C)[SiH2]OCC1=CC2C=CC1C2. The van der Waals surface area contributed by atoms with E-state index in [-0.39, 0.29) is 0 Å². The molecule has 2 bridgehead atoms. The Morgan fingerprint density at radius 2 is 2.50 bits per heavy atom. The number of hydrogen-bond acceptors (Lipinski definition) is 1. The third-order valence-corrected chi connectivity index (χ3v) is 4.38. The molecule has 0 aromatic rings. The van der Waals surface area contributed by atoms with Gasteiger partial charge in [-0.25, -0.2) is 0 Å². The Kier molecular flexibility index (Phi) is 3.04. The summed E-state index contributed by atoms with van der Waals surface area (Å²) < 4.78 is 5.79. The minimum atomic E-state index is -0.417. The highest BCUT2D eigenvalue weighted by molar-refractivity contribution is 6.37. The fraction of sp³-hybridized carbons (Fsp3) is 0.500. The van der Waals surface area contributed by atoms with Crippen LogP contribution in [0, 0.1) is 11.8 Å². The summed E-state index contributed by atoms with van der Waals surface area (Å²) in [4.78, 5) is 0. The van der Waals surface area contributed by atoms with E-state index in [0.717, 1.165) is 12.5 Å². The van der Waals surface area contributed by atoms with Crippen LogP contribution in [0.1, 0.15) is 20.3 Å². The van der Waals surface area contributed by atoms with E-state index in [4.69, 9.17) is 4.43 Å². The molecule has 0 fully saturated rings. The van der Waals surface area contributed by atoms with Gasteiger partial charge in [0.05, 0.1) is 6.61 Å². The zero-order chi connectivity index (χ0) is 9.97. The van der Waals surface area contributed by atoms with E-state index in [2.05, 4.69) is 38.2 Å². The fourth-order valence-electron chi connectivity index (χ4n) is 2.09. The molecule has 0 radical (unpaired) electrons. The van der Waals surface area contributed by atoms with Crippen LogP contribution in [0.15, 0.2) is 35.1 Å². The average molecular weight is 206 g/mol. The zero-order valence-electron chi connectivity index (χ0n) is 8.99. The van der Waals surface area contributed by atoms with Gasteiger partial charge in [0.25, 0.3) is 0 Å². The van der Waals surface area contributed by atoms with Gasteiger partial charge >= 0.3 is 0 Å². The van der Waals surface area contributed by atoms with E-state index in [9.17, 15) is 0 Å². The average Bonchev–Trinajstić information content (AvgIpc) is 2.79. The maximum Gasteiger partial charge on any atom is 0.188 e. The first-order valence-electron chi connectivity index (χ1n) is 5.38. The zero-order valence-corrected chi connectivity index (χ0v) is 10.4. The predicted octanol–water partition coefficient (Wildman–Crippen LogP) is 2.14. The van der Waals surface area contributed by atoms with Crippen LogP contribution >= 0.6 is 0 Å². The van der Waals surface area contributed by atoms with Crippen LogP contribution in [0.3, 0.4) is 0 Å². The van der Waals surface area contributed by atoms with E-state index in [1.807, 2.05) is 0 Å². The summed E-state index contributed by atoms with van der Waals surface area (Å²) in [5, 5.41) is 1.45. The molecule has 0 heterocycles. The van der Waals surface area contributed by atoms with Crippen LogP contribution in [0.4, 0.5) is 0 Å². The van der Waals surface area contributed by atoms with Crippen molar-refractivity contribution in [3.63, 3.8) is 0 Å². The largest absolute Gasteiger partial charge is 0.415 e. The van der Waals surface area contributed by atoms with Crippen LogP contribution in [0.5, 0.6) is 0 Å². The standard InChI is InChI=1S/C12H18OSi/c1-3-9(2)14-13-8-12-7-10-4-5-11(12)6-10/h3-5,7,10-11H,6,8,14H2,1-2H3/b9-3+. The van der Waals surface area contributed by atoms with Crippen LogP contribution < -0.4 is 0 Å². The second-order valence-corrected chi connectivity index (χ2v) is 6.07. The summed E-state index contributed by atoms with van der Waals surface area (Å²) in [6.45, 7) is 5.13. The minimum absolute atomic E-state index is 0.417. The van der Waals surface area contributed by atoms with Crippen molar-refractivity contribution < 1.29 is 4.43 Å². The van der Waals surface area contributed by atoms with Gasteiger partial charge in [-0.2, -0.15) is 0 Å². The summed E-state index contributed by atoms with van der Waals surface area (Å²) in [6, 6.07) is 0. The lowest BCUT2D eigenvalue weighted by Crippen LogP contribution is -2.07. The Morgan fingerprint density at radius 1 is 1.64 bits per heavy atom. The smallest absolute Gasteiger partial charge is 0.188 e. The summed E-state index contributed by atoms with van der Waals surface area (Å²) in [6.07, 6.45) is 10.5. The van der Waals surface area contributed by atoms with Gasteiger partial charge in [0.1, 0.15) is 0 Å². The molecule has 76 valence electrons. The Balaban J connectivity index is 1.75. The summed E-state index contributed by atoms with van der Waals surface area (Å²) >= 11 is 0. The third-order valence-electron chi connectivity index (χ3n) is 3.11. The van der Waals surface area contributed by atoms with Gasteiger partial charge in [-0.05, 0) is 31.8 Å². The first-order chi connectivity index (χ1) is 6.79. The molecule has 0 N–H and O–H groups in total. The van der Waals surface area contributed by atoms with E-state index < -0.39 is 9.76 Å². The maximum absolute atomic E-state index is 5.79. The molecule has 2 aliphatic carbocycles. The van der Waals surface area contributed by atoms with Gasteiger partial charge in [-0.1, -0.05) is 29.5 Å². The van der Waals surface area contributed by atoms with E-state index in [1.165, 1.54) is 17.2 Å². The Labute approximate surface area is 88.5 Å². The lowest BCUT2D eigenvalue weighted by atomic mass is 10.0. The molecule has 14 heavy (non-hydrogen) atoms. The van der Waals surface area contributed by atoms with Crippen LogP contribution in [0.2, 0.25) is 0 Å². The third kappa shape index (κ3) is 2.07. The van der Waals surface area contributed by atoms with Crippen molar-refractivity contribution in [3.05, 3.63) is 35.1 Å². The van der Waals surface area contributed by atoms with Gasteiger partial charge in [0.2, 0.25) is 0 Å². The number of fused-ring (bicyclic) bond motifs is 2. The minimum Gasteiger partial charge on any atom is -0.415 e. The molecular weight excluding hydrogens is 188 g/mol. The quantitative estimate of drug-likeness (QED) is 0.506. The molecule has 2 heteroatoms. The maximum atomic E-state index is 5.79. The monoisotopic (exact) mass is 206 g/mol. The second kappa shape index (κ2) is 4.28. The van der Waals surface area contributed by atoms with Crippen molar-refractivity contribution in [1.29, 1.82) is 0 Å². The highest BCUT2D eigenvalue weighted by Gasteiger charge is 2.27. The van der Waals surface area contributed by atoms with Crippen molar-refractivity contribution in [2.45, 2.75) is 20.3 Å². The molecule has 0 aromatic heterocycles. The second-order valence-electron chi connectivity index (χ2n) is 4.26. The van der Waals surface area contributed by atoms with E-state index in [0.29, 0.717) is 5.92 Å². The molecule has 2 atom stereocenters. The summed E-state index contributed by atoms with van der Waals surface area (Å²) in [7, 11) is -0.417. The molecule has 1 nitrogen and oxygen atoms in total. The highest BCUT2D eigenvalue weighted by atomic mass is 28.2. The van der Waals surface area contributed by atoms with Crippen molar-refractivity contribution in [1.82, 2.24) is 0 Å². The lowest BCUT2D eigenvalue weighted by molar-refractivity contribution is 0.367. The van der Waals surface area contributed by atoms with E-state index >= 15 is 0 Å². The van der Waals surface area contributed by atoms with Gasteiger partial charge in [-0.3, -0.25) is 0 Å². The Hall–Kier alpha value is -0.603. The molecule has 0 saturated carbocycles. The number of hydrogen-bond donors (Lipinski definition) is 0. The first-order valence-corrected chi connectivity index (χ1v) is 6.66. The molecule has 0 spiro atoms. The topological polar surface area (TPSA) is 9.23 Å². The number of allylic oxidation sites excluding steroid dienone is 5. The van der Waals surface area contributed by atoms with Crippen molar-refractivity contribution in [2.75, 3.05) is 6.61 Å². The summed E-state index contributed by atoms with van der Waals surface area (Å²) in [5.74, 6) is 1.43. The van der Waals surface area contributed by atoms with Gasteiger partial charge < -0.3 is 4.43 Å².